The Morgan fingerprint density at radius 2 is 1.85 bits per heavy atom. The first-order chi connectivity index (χ1) is 5.71. The number of H-pyrrole nitrogens is 1. The standard InChI is InChI=1S/C9H15NO2S/c1-9(2,3)8-5-7(6-10-8)13(4,11)12/h5-6,10H,1-4H3. The van der Waals surface area contributed by atoms with Crippen LogP contribution in [0.5, 0.6) is 0 Å². The Bertz CT molecular complexity index is 395. The van der Waals surface area contributed by atoms with Gasteiger partial charge in [0.1, 0.15) is 0 Å². The van der Waals surface area contributed by atoms with E-state index in [4.69, 9.17) is 0 Å². The van der Waals surface area contributed by atoms with Gasteiger partial charge in [-0.1, -0.05) is 20.8 Å². The number of aromatic amines is 1. The molecule has 0 atom stereocenters. The molecule has 3 nitrogen and oxygen atoms in total. The molecule has 1 rings (SSSR count). The molecule has 13 heavy (non-hydrogen) atoms. The number of rotatable bonds is 1. The number of hydrogen-bond donors (Lipinski definition) is 1. The molecule has 0 aliphatic rings. The summed E-state index contributed by atoms with van der Waals surface area (Å²) in [5, 5.41) is 0. The maximum atomic E-state index is 11.2. The van der Waals surface area contributed by atoms with Crippen LogP contribution in [0.2, 0.25) is 0 Å². The van der Waals surface area contributed by atoms with Crippen LogP contribution in [-0.2, 0) is 15.3 Å². The first-order valence-corrected chi connectivity index (χ1v) is 5.99. The fourth-order valence-corrected chi connectivity index (χ4v) is 1.63. The average molecular weight is 201 g/mol. The van der Waals surface area contributed by atoms with Crippen molar-refractivity contribution in [1.82, 2.24) is 4.98 Å². The Morgan fingerprint density at radius 1 is 1.31 bits per heavy atom. The van der Waals surface area contributed by atoms with Crippen molar-refractivity contribution in [3.8, 4) is 0 Å². The summed E-state index contributed by atoms with van der Waals surface area (Å²) in [5.74, 6) is 0. The molecular formula is C9H15NO2S. The van der Waals surface area contributed by atoms with Gasteiger partial charge in [-0.15, -0.1) is 0 Å². The molecule has 74 valence electrons. The van der Waals surface area contributed by atoms with Crippen LogP contribution in [0.1, 0.15) is 26.5 Å². The number of aromatic nitrogens is 1. The normalized spacial score (nSPS) is 13.2. The smallest absolute Gasteiger partial charge is 0.177 e. The van der Waals surface area contributed by atoms with E-state index in [0.717, 1.165) is 5.69 Å². The lowest BCUT2D eigenvalue weighted by Crippen LogP contribution is -2.11. The molecule has 0 spiro atoms. The summed E-state index contributed by atoms with van der Waals surface area (Å²) in [6, 6.07) is 1.69. The third-order valence-electron chi connectivity index (χ3n) is 1.89. The molecular weight excluding hydrogens is 186 g/mol. The number of sulfone groups is 1. The Kier molecular flexibility index (Phi) is 2.28. The third-order valence-corrected chi connectivity index (χ3v) is 2.98. The van der Waals surface area contributed by atoms with Gasteiger partial charge in [0, 0.05) is 23.6 Å². The molecule has 0 aromatic carbocycles. The van der Waals surface area contributed by atoms with Gasteiger partial charge < -0.3 is 4.98 Å². The molecule has 0 aliphatic heterocycles. The molecule has 0 fully saturated rings. The van der Waals surface area contributed by atoms with E-state index in [-0.39, 0.29) is 5.41 Å². The van der Waals surface area contributed by atoms with Crippen LogP contribution in [0.4, 0.5) is 0 Å². The first kappa shape index (κ1) is 10.3. The summed E-state index contributed by atoms with van der Waals surface area (Å²) in [7, 11) is -3.07. The van der Waals surface area contributed by atoms with E-state index in [1.807, 2.05) is 20.8 Å². The van der Waals surface area contributed by atoms with Crippen molar-refractivity contribution in [3.05, 3.63) is 18.0 Å². The zero-order valence-corrected chi connectivity index (χ0v) is 9.20. The monoisotopic (exact) mass is 201 g/mol. The van der Waals surface area contributed by atoms with Crippen LogP contribution in [0.25, 0.3) is 0 Å². The number of hydrogen-bond acceptors (Lipinski definition) is 2. The van der Waals surface area contributed by atoms with Gasteiger partial charge in [-0.3, -0.25) is 0 Å². The molecule has 0 saturated heterocycles. The highest BCUT2D eigenvalue weighted by atomic mass is 32.2. The van der Waals surface area contributed by atoms with Gasteiger partial charge in [0.2, 0.25) is 0 Å². The first-order valence-electron chi connectivity index (χ1n) is 4.10. The van der Waals surface area contributed by atoms with Gasteiger partial charge in [0.05, 0.1) is 4.90 Å². The molecule has 1 heterocycles. The zero-order chi connectivity index (χ0) is 10.3. The van der Waals surface area contributed by atoms with Gasteiger partial charge in [-0.05, 0) is 6.07 Å². The lowest BCUT2D eigenvalue weighted by atomic mass is 9.93. The predicted molar refractivity (Wildman–Crippen MR) is 52.6 cm³/mol. The predicted octanol–water partition coefficient (Wildman–Crippen LogP) is 1.72. The summed E-state index contributed by atoms with van der Waals surface area (Å²) in [5.41, 5.74) is 0.899. The summed E-state index contributed by atoms with van der Waals surface area (Å²) in [4.78, 5) is 3.33. The fraction of sp³-hybridized carbons (Fsp3) is 0.556. The van der Waals surface area contributed by atoms with Gasteiger partial charge in [-0.25, -0.2) is 8.42 Å². The molecule has 0 radical (unpaired) electrons. The molecule has 1 aromatic heterocycles. The Labute approximate surface area is 79.1 Å². The van der Waals surface area contributed by atoms with E-state index >= 15 is 0 Å². The van der Waals surface area contributed by atoms with Crippen molar-refractivity contribution < 1.29 is 8.42 Å². The quantitative estimate of drug-likeness (QED) is 0.752. The average Bonchev–Trinajstić information content (AvgIpc) is 2.28. The van der Waals surface area contributed by atoms with E-state index in [0.29, 0.717) is 4.90 Å². The molecule has 0 unspecified atom stereocenters. The van der Waals surface area contributed by atoms with Crippen molar-refractivity contribution in [3.63, 3.8) is 0 Å². The second kappa shape index (κ2) is 2.87. The molecule has 0 saturated carbocycles. The maximum absolute atomic E-state index is 11.2. The van der Waals surface area contributed by atoms with E-state index in [1.165, 1.54) is 12.5 Å². The van der Waals surface area contributed by atoms with Crippen LogP contribution in [-0.4, -0.2) is 19.7 Å². The SMILES string of the molecule is CC(C)(C)c1cc(S(C)(=O)=O)c[nH]1. The van der Waals surface area contributed by atoms with Crippen LogP contribution in [0.3, 0.4) is 0 Å². The van der Waals surface area contributed by atoms with E-state index in [2.05, 4.69) is 4.98 Å². The lowest BCUT2D eigenvalue weighted by Gasteiger charge is -2.15. The van der Waals surface area contributed by atoms with E-state index < -0.39 is 9.84 Å². The Hall–Kier alpha value is -0.770. The van der Waals surface area contributed by atoms with Crippen LogP contribution < -0.4 is 0 Å². The molecule has 4 heteroatoms. The van der Waals surface area contributed by atoms with Gasteiger partial charge >= 0.3 is 0 Å². The van der Waals surface area contributed by atoms with Crippen molar-refractivity contribution in [2.24, 2.45) is 0 Å². The summed E-state index contributed by atoms with van der Waals surface area (Å²) < 4.78 is 22.3. The molecule has 1 aromatic rings. The van der Waals surface area contributed by atoms with Crippen LogP contribution in [0.15, 0.2) is 17.2 Å². The van der Waals surface area contributed by atoms with Gasteiger partial charge in [-0.2, -0.15) is 0 Å². The zero-order valence-electron chi connectivity index (χ0n) is 8.38. The third kappa shape index (κ3) is 2.34. The van der Waals surface area contributed by atoms with E-state index in [1.54, 1.807) is 6.07 Å². The topological polar surface area (TPSA) is 49.9 Å². The van der Waals surface area contributed by atoms with Gasteiger partial charge in [0.15, 0.2) is 9.84 Å². The summed E-state index contributed by atoms with van der Waals surface area (Å²) >= 11 is 0. The summed E-state index contributed by atoms with van der Waals surface area (Å²) in [6.07, 6.45) is 2.75. The number of nitrogens with one attached hydrogen (secondary N) is 1. The van der Waals surface area contributed by atoms with Crippen LogP contribution in [0, 0.1) is 0 Å². The highest BCUT2D eigenvalue weighted by molar-refractivity contribution is 7.90. The van der Waals surface area contributed by atoms with Crippen molar-refractivity contribution >= 4 is 9.84 Å². The molecule has 0 bridgehead atoms. The minimum absolute atomic E-state index is 0.0388. The fourth-order valence-electron chi connectivity index (χ4n) is 1.02. The Morgan fingerprint density at radius 3 is 2.08 bits per heavy atom. The minimum atomic E-state index is -3.07. The second-order valence-electron chi connectivity index (χ2n) is 4.27. The van der Waals surface area contributed by atoms with Crippen molar-refractivity contribution in [2.75, 3.05) is 6.26 Å². The lowest BCUT2D eigenvalue weighted by molar-refractivity contribution is 0.572. The van der Waals surface area contributed by atoms with Crippen molar-refractivity contribution in [2.45, 2.75) is 31.1 Å². The molecule has 0 amide bonds. The highest BCUT2D eigenvalue weighted by Gasteiger charge is 2.18. The minimum Gasteiger partial charge on any atom is -0.363 e. The highest BCUT2D eigenvalue weighted by Crippen LogP contribution is 2.23. The second-order valence-corrected chi connectivity index (χ2v) is 6.29. The maximum Gasteiger partial charge on any atom is 0.177 e. The Balaban J connectivity index is 3.16. The molecule has 0 aliphatic carbocycles. The largest absolute Gasteiger partial charge is 0.363 e. The molecule has 1 N–H and O–H groups in total. The van der Waals surface area contributed by atoms with Gasteiger partial charge in [0.25, 0.3) is 0 Å². The van der Waals surface area contributed by atoms with E-state index in [9.17, 15) is 8.42 Å². The van der Waals surface area contributed by atoms with Crippen LogP contribution >= 0.6 is 0 Å². The summed E-state index contributed by atoms with van der Waals surface area (Å²) in [6.45, 7) is 6.10. The van der Waals surface area contributed by atoms with Crippen molar-refractivity contribution in [1.29, 1.82) is 0 Å².